The van der Waals surface area contributed by atoms with Gasteiger partial charge >= 0.3 is 33.3 Å². The maximum absolute atomic E-state index is 12.9. The number of nitrogens with two attached hydrogens (primary N) is 1. The minimum Gasteiger partial charge on any atom is -0.462 e. The average molecular weight is 1010 g/mol. The number of allylic oxidation sites excluding steroid dienone is 1. The highest BCUT2D eigenvalue weighted by molar-refractivity contribution is 7.61. The number of aromatic nitrogens is 2. The van der Waals surface area contributed by atoms with Crippen molar-refractivity contribution < 1.29 is 76.5 Å². The summed E-state index contributed by atoms with van der Waals surface area (Å²) in [4.78, 5) is 61.8. The van der Waals surface area contributed by atoms with E-state index in [9.17, 15) is 53.7 Å². The molecule has 1 aliphatic heterocycles. The molecule has 8 N–H and O–H groups in total. The van der Waals surface area contributed by atoms with Gasteiger partial charge in [-0.15, -0.1) is 0 Å². The molecule has 0 bridgehead atoms. The molecule has 2 heterocycles. The molecule has 2 unspecified atom stereocenters. The summed E-state index contributed by atoms with van der Waals surface area (Å²) >= 11 is 0. The van der Waals surface area contributed by atoms with E-state index in [1.54, 1.807) is 0 Å². The second kappa shape index (κ2) is 34.7. The van der Waals surface area contributed by atoms with Gasteiger partial charge in [-0.1, -0.05) is 136 Å². The van der Waals surface area contributed by atoms with Crippen molar-refractivity contribution in [2.24, 2.45) is 5.92 Å². The third-order valence-electron chi connectivity index (χ3n) is 11.5. The Balaban J connectivity index is 1.84. The van der Waals surface area contributed by atoms with Gasteiger partial charge in [0.2, 0.25) is 0 Å². The fourth-order valence-corrected chi connectivity index (χ4v) is 9.57. The predicted octanol–water partition coefficient (Wildman–Crippen LogP) is 7.47. The summed E-state index contributed by atoms with van der Waals surface area (Å²) in [5.74, 6) is -0.668. The summed E-state index contributed by atoms with van der Waals surface area (Å²) in [7, 11) is -10.9. The molecule has 22 heteroatoms. The Hall–Kier alpha value is -2.58. The highest BCUT2D eigenvalue weighted by atomic mass is 31.3. The summed E-state index contributed by atoms with van der Waals surface area (Å²) in [6, 6.07) is 1.24. The summed E-state index contributed by atoms with van der Waals surface area (Å²) in [5, 5.41) is 41.4. The molecule has 0 aromatic carbocycles. The molecule has 1 saturated heterocycles. The van der Waals surface area contributed by atoms with Crippen LogP contribution in [0.3, 0.4) is 0 Å². The molecule has 0 saturated carbocycles. The first-order valence-electron chi connectivity index (χ1n) is 24.7. The number of rotatable bonds is 40. The van der Waals surface area contributed by atoms with Gasteiger partial charge in [0, 0.05) is 19.0 Å². The van der Waals surface area contributed by atoms with Crippen LogP contribution in [0.1, 0.15) is 181 Å². The smallest absolute Gasteiger partial charge is 0.462 e. The van der Waals surface area contributed by atoms with Gasteiger partial charge in [-0.25, -0.2) is 13.9 Å². The summed E-state index contributed by atoms with van der Waals surface area (Å²) in [5.41, 5.74) is 4.57. The number of hydrogen-bond acceptors (Lipinski definition) is 17. The van der Waals surface area contributed by atoms with Crippen LogP contribution in [0.4, 0.5) is 5.82 Å². The van der Waals surface area contributed by atoms with Crippen molar-refractivity contribution in [3.05, 3.63) is 34.9 Å². The monoisotopic (exact) mass is 1010 g/mol. The van der Waals surface area contributed by atoms with Crippen molar-refractivity contribution in [1.29, 1.82) is 0 Å². The molecule has 1 aromatic heterocycles. The van der Waals surface area contributed by atoms with Crippen LogP contribution in [-0.4, -0.2) is 108 Å². The fourth-order valence-electron chi connectivity index (χ4n) is 7.46. The maximum atomic E-state index is 12.9. The molecule has 2 rings (SSSR count). The molecular weight excluding hydrogens is 928 g/mol. The molecule has 20 nitrogen and oxygen atoms in total. The molecular formula is C46H83N3O17P2. The second-order valence-electron chi connectivity index (χ2n) is 18.1. The minimum absolute atomic E-state index is 0.0460. The van der Waals surface area contributed by atoms with Gasteiger partial charge in [-0.05, 0) is 50.5 Å². The number of unbranched alkanes of at least 4 members (excludes halogenated alkanes) is 16. The normalized spacial score (nSPS) is 20.6. The van der Waals surface area contributed by atoms with Crippen molar-refractivity contribution in [1.82, 2.24) is 9.55 Å². The molecule has 1 aromatic rings. The molecule has 68 heavy (non-hydrogen) atoms. The Bertz CT molecular complexity index is 1740. The summed E-state index contributed by atoms with van der Waals surface area (Å²) in [6.45, 7) is 4.22. The Morgan fingerprint density at radius 2 is 1.35 bits per heavy atom. The Labute approximate surface area is 402 Å². The first-order valence-corrected chi connectivity index (χ1v) is 27.7. The van der Waals surface area contributed by atoms with E-state index in [0.29, 0.717) is 38.5 Å². The number of phosphoric ester groups is 2. The number of carbonyl (C=O) groups is 2. The summed E-state index contributed by atoms with van der Waals surface area (Å²) in [6.07, 6.45) is 16.1. The number of aliphatic hydroxyl groups is 4. The number of aliphatic hydroxyl groups excluding tert-OH is 4. The van der Waals surface area contributed by atoms with Gasteiger partial charge in [0.1, 0.15) is 30.7 Å². The predicted molar refractivity (Wildman–Crippen MR) is 255 cm³/mol. The molecule has 0 amide bonds. The van der Waals surface area contributed by atoms with Gasteiger partial charge in [0.25, 0.3) is 0 Å². The van der Waals surface area contributed by atoms with Gasteiger partial charge in [-0.3, -0.25) is 23.2 Å². The van der Waals surface area contributed by atoms with Crippen LogP contribution in [0.15, 0.2) is 29.2 Å². The SMILES string of the molecule is CCCCC/C=C\C[C@H](O)[C@@H](O)CCCCCCCC(=O)O[C@H](COC(=O)CCCCCCCCCCCCC(C)C)COP(=O)(O)OP(=O)(O)OC[C@H]1O[C@@H](n2ccc(N)nc2=O)[C@H](O)[C@@H]1O. The Morgan fingerprint density at radius 1 is 0.779 bits per heavy atom. The third kappa shape index (κ3) is 27.7. The Morgan fingerprint density at radius 3 is 1.96 bits per heavy atom. The number of hydrogen-bond donors (Lipinski definition) is 7. The molecule has 0 radical (unpaired) electrons. The highest BCUT2D eigenvalue weighted by Crippen LogP contribution is 2.60. The van der Waals surface area contributed by atoms with Gasteiger partial charge in [-0.2, -0.15) is 9.29 Å². The zero-order chi connectivity index (χ0) is 50.4. The lowest BCUT2D eigenvalue weighted by Gasteiger charge is -2.21. The number of nitrogens with zero attached hydrogens (tertiary/aromatic N) is 2. The fraction of sp³-hybridized carbons (Fsp3) is 0.826. The number of anilines is 1. The van der Waals surface area contributed by atoms with Crippen LogP contribution < -0.4 is 11.4 Å². The van der Waals surface area contributed by atoms with Crippen LogP contribution in [0.5, 0.6) is 0 Å². The number of phosphoric acid groups is 2. The lowest BCUT2D eigenvalue weighted by atomic mass is 10.0. The molecule has 9 atom stereocenters. The van der Waals surface area contributed by atoms with Crippen molar-refractivity contribution in [2.45, 2.75) is 218 Å². The second-order valence-corrected chi connectivity index (χ2v) is 21.1. The number of nitrogen functional groups attached to an aromatic ring is 1. The van der Waals surface area contributed by atoms with Crippen LogP contribution >= 0.6 is 15.6 Å². The van der Waals surface area contributed by atoms with E-state index in [0.717, 1.165) is 80.9 Å². The maximum Gasteiger partial charge on any atom is 0.481 e. The van der Waals surface area contributed by atoms with E-state index < -0.39 is 95.9 Å². The number of ether oxygens (including phenoxy) is 3. The van der Waals surface area contributed by atoms with Crippen LogP contribution in [-0.2, 0) is 46.3 Å². The highest BCUT2D eigenvalue weighted by Gasteiger charge is 2.46. The van der Waals surface area contributed by atoms with E-state index in [4.69, 9.17) is 29.0 Å². The van der Waals surface area contributed by atoms with E-state index in [2.05, 4.69) is 30.1 Å². The van der Waals surface area contributed by atoms with E-state index >= 15 is 0 Å². The van der Waals surface area contributed by atoms with Crippen LogP contribution in [0.25, 0.3) is 0 Å². The van der Waals surface area contributed by atoms with Crippen LogP contribution in [0, 0.1) is 5.92 Å². The third-order valence-corrected chi connectivity index (χ3v) is 14.1. The van der Waals surface area contributed by atoms with Crippen molar-refractivity contribution >= 4 is 33.4 Å². The molecule has 394 valence electrons. The first-order chi connectivity index (χ1) is 32.3. The van der Waals surface area contributed by atoms with Gasteiger partial charge in [0.05, 0.1) is 25.4 Å². The first kappa shape index (κ1) is 61.5. The molecule has 1 aliphatic rings. The topological polar surface area (TPSA) is 306 Å². The van der Waals surface area contributed by atoms with Gasteiger partial charge in [0.15, 0.2) is 12.3 Å². The average Bonchev–Trinajstić information content (AvgIpc) is 3.55. The largest absolute Gasteiger partial charge is 0.481 e. The summed E-state index contributed by atoms with van der Waals surface area (Å²) < 4.78 is 56.6. The standard InChI is InChI=1S/C46H83N3O17P2/c1-4-5-6-7-16-21-26-37(50)38(51)27-22-17-14-19-24-29-42(53)64-36(32-61-41(52)28-23-18-13-11-9-8-10-12-15-20-25-35(2)3)33-62-67(57,58)66-68(59,60)63-34-39-43(54)44(55)45(65-39)49-31-30-40(47)48-46(49)56/h16,21,30-31,35-39,43-45,50-51,54-55H,4-15,17-20,22-29,32-34H2,1-3H3,(H,57,58)(H,59,60)(H2,47,48,56)/b21-16-/t36-,37+,38+,39-,43-,44-,45-/m1/s1. The minimum atomic E-state index is -5.45. The zero-order valence-electron chi connectivity index (χ0n) is 40.6. The Kier molecular flexibility index (Phi) is 31.4. The van der Waals surface area contributed by atoms with Crippen molar-refractivity contribution in [3.63, 3.8) is 0 Å². The lowest BCUT2D eigenvalue weighted by molar-refractivity contribution is -0.161. The van der Waals surface area contributed by atoms with Crippen LogP contribution in [0.2, 0.25) is 0 Å². The lowest BCUT2D eigenvalue weighted by Crippen LogP contribution is -2.36. The number of carbonyl (C=O) groups excluding carboxylic acids is 2. The van der Waals surface area contributed by atoms with Crippen molar-refractivity contribution in [3.8, 4) is 0 Å². The van der Waals surface area contributed by atoms with E-state index in [-0.39, 0.29) is 18.7 Å². The van der Waals surface area contributed by atoms with Crippen molar-refractivity contribution in [2.75, 3.05) is 25.6 Å². The zero-order valence-corrected chi connectivity index (χ0v) is 42.3. The van der Waals surface area contributed by atoms with Gasteiger partial charge < -0.3 is 50.2 Å². The quantitative estimate of drug-likeness (QED) is 0.0145. The molecule has 0 aliphatic carbocycles. The molecule has 0 spiro atoms. The molecule has 1 fully saturated rings. The van der Waals surface area contributed by atoms with E-state index in [1.807, 2.05) is 12.2 Å². The number of esters is 2. The van der Waals surface area contributed by atoms with E-state index in [1.165, 1.54) is 44.6 Å².